The van der Waals surface area contributed by atoms with Crippen molar-refractivity contribution in [2.75, 3.05) is 0 Å². The molecule has 0 fully saturated rings. The molecule has 1 aliphatic carbocycles. The molecule has 0 unspecified atom stereocenters. The zero-order valence-electron chi connectivity index (χ0n) is 5.07. The summed E-state index contributed by atoms with van der Waals surface area (Å²) in [6.45, 7) is 4.60. The van der Waals surface area contributed by atoms with Crippen LogP contribution in [0.3, 0.4) is 0 Å². The van der Waals surface area contributed by atoms with Crippen molar-refractivity contribution in [3.8, 4) is 0 Å². The largest absolute Gasteiger partial charge is 0.0880 e. The molecule has 8 heavy (non-hydrogen) atoms. The maximum absolute atomic E-state index is 2.30. The van der Waals surface area contributed by atoms with Gasteiger partial charge in [0.1, 0.15) is 0 Å². The number of rotatable bonds is 0. The zero-order chi connectivity index (χ0) is 5.33. The van der Waals surface area contributed by atoms with E-state index in [9.17, 15) is 0 Å². The molecular formula is C8H16. The topological polar surface area (TPSA) is 0 Å². The molecule has 0 saturated carbocycles. The molecular weight excluding hydrogens is 96.1 g/mol. The van der Waals surface area contributed by atoms with Crippen LogP contribution in [0.15, 0.2) is 12.2 Å². The summed E-state index contributed by atoms with van der Waals surface area (Å²) < 4.78 is 0. The fraction of sp³-hybridized carbons (Fsp3) is 0.750. The predicted molar refractivity (Wildman–Crippen MR) is 38.9 cm³/mol. The fourth-order valence-corrected chi connectivity index (χ4v) is 0.888. The van der Waals surface area contributed by atoms with Crippen molar-refractivity contribution >= 4 is 0 Å². The van der Waals surface area contributed by atoms with Crippen molar-refractivity contribution in [2.24, 2.45) is 5.41 Å². The molecule has 0 atom stereocenters. The molecule has 0 amide bonds. The van der Waals surface area contributed by atoms with E-state index in [-0.39, 0.29) is 7.43 Å². The molecule has 0 N–H and O–H groups in total. The van der Waals surface area contributed by atoms with Crippen molar-refractivity contribution in [1.29, 1.82) is 0 Å². The third kappa shape index (κ3) is 1.69. The average molecular weight is 112 g/mol. The summed E-state index contributed by atoms with van der Waals surface area (Å²) in [6.07, 6.45) is 7.07. The fourth-order valence-electron chi connectivity index (χ4n) is 0.888. The predicted octanol–water partition coefficient (Wildman–Crippen LogP) is 3.00. The van der Waals surface area contributed by atoms with Gasteiger partial charge < -0.3 is 0 Å². The minimum atomic E-state index is 0. The van der Waals surface area contributed by atoms with Gasteiger partial charge in [-0.3, -0.25) is 0 Å². The molecule has 0 aromatic rings. The smallest absolute Gasteiger partial charge is 0.0285 e. The van der Waals surface area contributed by atoms with Gasteiger partial charge in [-0.25, -0.2) is 0 Å². The molecule has 0 spiro atoms. The van der Waals surface area contributed by atoms with E-state index in [2.05, 4.69) is 26.0 Å². The van der Waals surface area contributed by atoms with E-state index in [4.69, 9.17) is 0 Å². The second-order valence-corrected chi connectivity index (χ2v) is 3.04. The Balaban J connectivity index is 0.000000490. The lowest BCUT2D eigenvalue weighted by molar-refractivity contribution is 0.399. The summed E-state index contributed by atoms with van der Waals surface area (Å²) >= 11 is 0. The van der Waals surface area contributed by atoms with Gasteiger partial charge in [0.05, 0.1) is 0 Å². The summed E-state index contributed by atoms with van der Waals surface area (Å²) in [5, 5.41) is 0. The van der Waals surface area contributed by atoms with Crippen molar-refractivity contribution in [1.82, 2.24) is 0 Å². The molecule has 0 aromatic heterocycles. The van der Waals surface area contributed by atoms with Crippen molar-refractivity contribution in [3.63, 3.8) is 0 Å². The van der Waals surface area contributed by atoms with Gasteiger partial charge >= 0.3 is 0 Å². The Morgan fingerprint density at radius 3 is 1.62 bits per heavy atom. The van der Waals surface area contributed by atoms with Crippen molar-refractivity contribution in [3.05, 3.63) is 12.2 Å². The SMILES string of the molecule is C.CC1(C)CC=CC1. The first-order chi connectivity index (χ1) is 3.21. The molecule has 1 aliphatic rings. The monoisotopic (exact) mass is 112 g/mol. The van der Waals surface area contributed by atoms with Crippen LogP contribution in [0.1, 0.15) is 34.1 Å². The van der Waals surface area contributed by atoms with Gasteiger partial charge in [-0.05, 0) is 18.3 Å². The normalized spacial score (nSPS) is 22.8. The lowest BCUT2D eigenvalue weighted by atomic mass is 9.91. The quantitative estimate of drug-likeness (QED) is 0.422. The van der Waals surface area contributed by atoms with Crippen molar-refractivity contribution < 1.29 is 0 Å². The molecule has 1 rings (SSSR count). The molecule has 0 aliphatic heterocycles. The Kier molecular flexibility index (Phi) is 2.26. The highest BCUT2D eigenvalue weighted by Gasteiger charge is 2.17. The van der Waals surface area contributed by atoms with Gasteiger partial charge in [-0.2, -0.15) is 0 Å². The molecule has 0 saturated heterocycles. The van der Waals surface area contributed by atoms with Crippen LogP contribution in [0.4, 0.5) is 0 Å². The Labute approximate surface area is 52.6 Å². The van der Waals surface area contributed by atoms with Gasteiger partial charge in [-0.1, -0.05) is 33.4 Å². The second kappa shape index (κ2) is 2.34. The lowest BCUT2D eigenvalue weighted by Crippen LogP contribution is -2.02. The van der Waals surface area contributed by atoms with E-state index in [1.807, 2.05) is 0 Å². The molecule has 0 radical (unpaired) electrons. The van der Waals surface area contributed by atoms with Crippen LogP contribution in [0.2, 0.25) is 0 Å². The maximum atomic E-state index is 2.30. The van der Waals surface area contributed by atoms with E-state index in [1.165, 1.54) is 12.8 Å². The van der Waals surface area contributed by atoms with Crippen molar-refractivity contribution in [2.45, 2.75) is 34.1 Å². The molecule has 0 bridgehead atoms. The minimum absolute atomic E-state index is 0. The first-order valence-electron chi connectivity index (χ1n) is 2.86. The Hall–Kier alpha value is -0.260. The summed E-state index contributed by atoms with van der Waals surface area (Å²) in [6, 6.07) is 0. The van der Waals surface area contributed by atoms with Gasteiger partial charge in [0.2, 0.25) is 0 Å². The average Bonchev–Trinajstić information content (AvgIpc) is 1.84. The van der Waals surface area contributed by atoms with Crippen LogP contribution in [0, 0.1) is 5.41 Å². The van der Waals surface area contributed by atoms with Crippen LogP contribution >= 0.6 is 0 Å². The highest BCUT2D eigenvalue weighted by atomic mass is 14.2. The van der Waals surface area contributed by atoms with Gasteiger partial charge in [-0.15, -0.1) is 0 Å². The zero-order valence-corrected chi connectivity index (χ0v) is 5.07. The van der Waals surface area contributed by atoms with Crippen LogP contribution in [-0.4, -0.2) is 0 Å². The van der Waals surface area contributed by atoms with Crippen LogP contribution in [0.5, 0.6) is 0 Å². The van der Waals surface area contributed by atoms with E-state index in [0.717, 1.165) is 0 Å². The minimum Gasteiger partial charge on any atom is -0.0880 e. The lowest BCUT2D eigenvalue weighted by Gasteiger charge is -2.14. The number of hydrogen-bond acceptors (Lipinski definition) is 0. The number of allylic oxidation sites excluding steroid dienone is 2. The van der Waals surface area contributed by atoms with Gasteiger partial charge in [0.15, 0.2) is 0 Å². The number of hydrogen-bond donors (Lipinski definition) is 0. The molecule has 0 heterocycles. The summed E-state index contributed by atoms with van der Waals surface area (Å²) in [5.41, 5.74) is 0.583. The summed E-state index contributed by atoms with van der Waals surface area (Å²) in [7, 11) is 0. The van der Waals surface area contributed by atoms with Gasteiger partial charge in [0, 0.05) is 0 Å². The van der Waals surface area contributed by atoms with E-state index < -0.39 is 0 Å². The first-order valence-corrected chi connectivity index (χ1v) is 2.86. The Morgan fingerprint density at radius 2 is 1.50 bits per heavy atom. The van der Waals surface area contributed by atoms with E-state index >= 15 is 0 Å². The second-order valence-electron chi connectivity index (χ2n) is 3.04. The highest BCUT2D eigenvalue weighted by Crippen LogP contribution is 2.30. The van der Waals surface area contributed by atoms with E-state index in [1.54, 1.807) is 0 Å². The third-order valence-electron chi connectivity index (χ3n) is 1.51. The third-order valence-corrected chi connectivity index (χ3v) is 1.51. The van der Waals surface area contributed by atoms with Crippen LogP contribution in [0.25, 0.3) is 0 Å². The molecule has 0 heteroatoms. The molecule has 0 aromatic carbocycles. The van der Waals surface area contributed by atoms with Crippen LogP contribution in [-0.2, 0) is 0 Å². The summed E-state index contributed by atoms with van der Waals surface area (Å²) in [4.78, 5) is 0. The van der Waals surface area contributed by atoms with Gasteiger partial charge in [0.25, 0.3) is 0 Å². The first kappa shape index (κ1) is 7.74. The van der Waals surface area contributed by atoms with E-state index in [0.29, 0.717) is 5.41 Å². The molecule has 0 nitrogen and oxygen atoms in total. The summed E-state index contributed by atoms with van der Waals surface area (Å²) in [5.74, 6) is 0. The highest BCUT2D eigenvalue weighted by molar-refractivity contribution is 4.98. The Morgan fingerprint density at radius 1 is 1.12 bits per heavy atom. The maximum Gasteiger partial charge on any atom is -0.0285 e. The van der Waals surface area contributed by atoms with Crippen LogP contribution < -0.4 is 0 Å². The standard InChI is InChI=1S/C7H12.CH4/c1-7(2)5-3-4-6-7;/h3-4H,5-6H2,1-2H3;1H4. The Bertz CT molecular complexity index is 78.2. The molecule has 48 valence electrons.